The molecule has 0 saturated carbocycles. The second-order valence-corrected chi connectivity index (χ2v) is 4.63. The van der Waals surface area contributed by atoms with Crippen LogP contribution < -0.4 is 5.32 Å². The molecule has 0 unspecified atom stereocenters. The maximum absolute atomic E-state index is 5.02. The van der Waals surface area contributed by atoms with E-state index in [1.165, 1.54) is 16.7 Å². The van der Waals surface area contributed by atoms with Crippen LogP contribution in [0.15, 0.2) is 47.3 Å². The van der Waals surface area contributed by atoms with Gasteiger partial charge in [-0.05, 0) is 23.1 Å². The van der Waals surface area contributed by atoms with Crippen LogP contribution in [0.2, 0.25) is 0 Å². The maximum atomic E-state index is 5.02. The topological polar surface area (TPSA) is 25.2 Å². The Morgan fingerprint density at radius 1 is 1.00 bits per heavy atom. The third kappa shape index (κ3) is 3.46. The van der Waals surface area contributed by atoms with Crippen molar-refractivity contribution in [3.05, 3.63) is 59.5 Å². The van der Waals surface area contributed by atoms with E-state index in [0.29, 0.717) is 5.92 Å². The van der Waals surface area contributed by atoms with Crippen molar-refractivity contribution >= 4 is 0 Å². The normalized spacial score (nSPS) is 11.0. The van der Waals surface area contributed by atoms with Gasteiger partial charge in [-0.15, -0.1) is 0 Å². The van der Waals surface area contributed by atoms with E-state index in [4.69, 9.17) is 4.42 Å². The van der Waals surface area contributed by atoms with Crippen molar-refractivity contribution in [2.75, 3.05) is 0 Å². The summed E-state index contributed by atoms with van der Waals surface area (Å²) < 4.78 is 5.02. The summed E-state index contributed by atoms with van der Waals surface area (Å²) in [6.45, 7) is 6.17. The predicted octanol–water partition coefficient (Wildman–Crippen LogP) is 3.69. The summed E-state index contributed by atoms with van der Waals surface area (Å²) in [5.74, 6) is 0.600. The first-order chi connectivity index (χ1) is 8.25. The van der Waals surface area contributed by atoms with Crippen LogP contribution in [0.5, 0.6) is 0 Å². The van der Waals surface area contributed by atoms with Crippen LogP contribution in [0.3, 0.4) is 0 Å². The van der Waals surface area contributed by atoms with Gasteiger partial charge in [-0.3, -0.25) is 0 Å². The molecule has 1 aromatic carbocycles. The highest BCUT2D eigenvalue weighted by molar-refractivity contribution is 5.24. The van der Waals surface area contributed by atoms with E-state index in [1.807, 2.05) is 6.07 Å². The monoisotopic (exact) mass is 229 g/mol. The summed E-state index contributed by atoms with van der Waals surface area (Å²) >= 11 is 0. The molecule has 0 aliphatic rings. The number of nitrogens with one attached hydrogen (secondary N) is 1. The van der Waals surface area contributed by atoms with Gasteiger partial charge in [0.05, 0.1) is 12.5 Å². The van der Waals surface area contributed by atoms with Gasteiger partial charge in [-0.2, -0.15) is 0 Å². The van der Waals surface area contributed by atoms with Crippen molar-refractivity contribution < 1.29 is 4.42 Å². The lowest BCUT2D eigenvalue weighted by atomic mass is 10.0. The molecule has 2 rings (SSSR count). The lowest BCUT2D eigenvalue weighted by molar-refractivity contribution is 0.560. The van der Waals surface area contributed by atoms with Gasteiger partial charge in [0.25, 0.3) is 0 Å². The van der Waals surface area contributed by atoms with Crippen molar-refractivity contribution in [2.45, 2.75) is 32.9 Å². The Morgan fingerprint density at radius 2 is 1.71 bits per heavy atom. The molecule has 0 aliphatic heterocycles. The van der Waals surface area contributed by atoms with Crippen molar-refractivity contribution in [2.24, 2.45) is 0 Å². The van der Waals surface area contributed by atoms with Crippen LogP contribution in [0, 0.1) is 0 Å². The van der Waals surface area contributed by atoms with Crippen LogP contribution >= 0.6 is 0 Å². The van der Waals surface area contributed by atoms with Gasteiger partial charge in [0.1, 0.15) is 0 Å². The van der Waals surface area contributed by atoms with Crippen molar-refractivity contribution in [1.29, 1.82) is 0 Å². The zero-order valence-electron chi connectivity index (χ0n) is 10.4. The Bertz CT molecular complexity index is 428. The number of furan rings is 1. The molecule has 0 atom stereocenters. The Labute approximate surface area is 103 Å². The highest BCUT2D eigenvalue weighted by atomic mass is 16.3. The van der Waals surface area contributed by atoms with Gasteiger partial charge in [-0.25, -0.2) is 0 Å². The van der Waals surface area contributed by atoms with Crippen LogP contribution in [-0.4, -0.2) is 0 Å². The van der Waals surface area contributed by atoms with Crippen LogP contribution in [0.25, 0.3) is 0 Å². The molecule has 0 amide bonds. The van der Waals surface area contributed by atoms with Crippen LogP contribution in [0.4, 0.5) is 0 Å². The molecule has 0 saturated heterocycles. The first kappa shape index (κ1) is 11.9. The van der Waals surface area contributed by atoms with Crippen molar-refractivity contribution in [3.8, 4) is 0 Å². The molecule has 0 radical (unpaired) electrons. The predicted molar refractivity (Wildman–Crippen MR) is 69.8 cm³/mol. The fraction of sp³-hybridized carbons (Fsp3) is 0.333. The minimum atomic E-state index is 0.600. The van der Waals surface area contributed by atoms with Crippen molar-refractivity contribution in [1.82, 2.24) is 5.32 Å². The van der Waals surface area contributed by atoms with Crippen molar-refractivity contribution in [3.63, 3.8) is 0 Å². The van der Waals surface area contributed by atoms with Gasteiger partial charge in [0.2, 0.25) is 0 Å². The molecule has 1 N–H and O–H groups in total. The van der Waals surface area contributed by atoms with Gasteiger partial charge in [-0.1, -0.05) is 38.1 Å². The molecule has 1 heterocycles. The average molecular weight is 229 g/mol. The Hall–Kier alpha value is -1.54. The average Bonchev–Trinajstić information content (AvgIpc) is 2.83. The second-order valence-electron chi connectivity index (χ2n) is 4.63. The summed E-state index contributed by atoms with van der Waals surface area (Å²) in [7, 11) is 0. The third-order valence-corrected chi connectivity index (χ3v) is 2.88. The Kier molecular flexibility index (Phi) is 3.99. The summed E-state index contributed by atoms with van der Waals surface area (Å²) in [5, 5.41) is 3.39. The molecule has 17 heavy (non-hydrogen) atoms. The smallest absolute Gasteiger partial charge is 0.0947 e. The first-order valence-electron chi connectivity index (χ1n) is 6.06. The zero-order valence-corrected chi connectivity index (χ0v) is 10.4. The Morgan fingerprint density at radius 3 is 2.29 bits per heavy atom. The lowest BCUT2D eigenvalue weighted by Crippen LogP contribution is -2.12. The van der Waals surface area contributed by atoms with E-state index in [2.05, 4.69) is 43.4 Å². The fourth-order valence-electron chi connectivity index (χ4n) is 1.76. The molecule has 0 spiro atoms. The van der Waals surface area contributed by atoms with Gasteiger partial charge < -0.3 is 9.73 Å². The molecule has 0 bridgehead atoms. The standard InChI is InChI=1S/C15H19NO/c1-12(2)15-5-3-13(4-6-15)9-16-10-14-7-8-17-11-14/h3-8,11-12,16H,9-10H2,1-2H3. The number of rotatable bonds is 5. The van der Waals surface area contributed by atoms with E-state index >= 15 is 0 Å². The van der Waals surface area contributed by atoms with Crippen LogP contribution in [0.1, 0.15) is 36.5 Å². The second kappa shape index (κ2) is 5.69. The van der Waals surface area contributed by atoms with Gasteiger partial charge >= 0.3 is 0 Å². The van der Waals surface area contributed by atoms with Gasteiger partial charge in [0, 0.05) is 18.7 Å². The minimum Gasteiger partial charge on any atom is -0.472 e. The quantitative estimate of drug-likeness (QED) is 0.845. The van der Waals surface area contributed by atoms with Crippen LogP contribution in [-0.2, 0) is 13.1 Å². The zero-order chi connectivity index (χ0) is 12.1. The summed E-state index contributed by atoms with van der Waals surface area (Å²) in [4.78, 5) is 0. The van der Waals surface area contributed by atoms with E-state index in [1.54, 1.807) is 12.5 Å². The van der Waals surface area contributed by atoms with E-state index in [-0.39, 0.29) is 0 Å². The molecule has 90 valence electrons. The van der Waals surface area contributed by atoms with Gasteiger partial charge in [0.15, 0.2) is 0 Å². The number of benzene rings is 1. The maximum Gasteiger partial charge on any atom is 0.0947 e. The largest absolute Gasteiger partial charge is 0.472 e. The third-order valence-electron chi connectivity index (χ3n) is 2.88. The molecular formula is C15H19NO. The molecule has 2 aromatic rings. The van der Waals surface area contributed by atoms with E-state index in [0.717, 1.165) is 13.1 Å². The molecule has 2 nitrogen and oxygen atoms in total. The number of hydrogen-bond donors (Lipinski definition) is 1. The SMILES string of the molecule is CC(C)c1ccc(CNCc2ccoc2)cc1. The summed E-state index contributed by atoms with van der Waals surface area (Å²) in [6.07, 6.45) is 3.48. The molecule has 0 fully saturated rings. The highest BCUT2D eigenvalue weighted by Gasteiger charge is 1.99. The summed E-state index contributed by atoms with van der Waals surface area (Å²) in [6, 6.07) is 10.8. The number of hydrogen-bond acceptors (Lipinski definition) is 2. The Balaban J connectivity index is 1.83. The fourth-order valence-corrected chi connectivity index (χ4v) is 1.76. The summed E-state index contributed by atoms with van der Waals surface area (Å²) in [5.41, 5.74) is 3.89. The molecule has 2 heteroatoms. The van der Waals surface area contributed by atoms with E-state index in [9.17, 15) is 0 Å². The molecular weight excluding hydrogens is 210 g/mol. The highest BCUT2D eigenvalue weighted by Crippen LogP contribution is 2.14. The van der Waals surface area contributed by atoms with E-state index < -0.39 is 0 Å². The minimum absolute atomic E-state index is 0.600. The first-order valence-corrected chi connectivity index (χ1v) is 6.06. The lowest BCUT2D eigenvalue weighted by Gasteiger charge is -2.07. The molecule has 1 aromatic heterocycles. The molecule has 0 aliphatic carbocycles.